The number of nitrogens with one attached hydrogen (secondary N) is 1. The predicted molar refractivity (Wildman–Crippen MR) is 148 cm³/mol. The maximum Gasteiger partial charge on any atom is 0.199 e. The highest BCUT2D eigenvalue weighted by atomic mass is 19.1. The van der Waals surface area contributed by atoms with Gasteiger partial charge in [-0.1, -0.05) is 13.0 Å². The van der Waals surface area contributed by atoms with E-state index in [0.29, 0.717) is 29.2 Å². The van der Waals surface area contributed by atoms with E-state index in [2.05, 4.69) is 27.0 Å². The van der Waals surface area contributed by atoms with E-state index in [1.165, 1.54) is 14.2 Å². The number of likely N-dealkylation sites (N-methyl/N-ethyl adjacent to an activating group) is 1. The van der Waals surface area contributed by atoms with Gasteiger partial charge >= 0.3 is 0 Å². The van der Waals surface area contributed by atoms with E-state index in [-0.39, 0.29) is 17.1 Å². The predicted octanol–water partition coefficient (Wildman–Crippen LogP) is 4.67. The molecule has 204 valence electrons. The smallest absolute Gasteiger partial charge is 0.199 e. The SMILES string of the molecule is CCN1CCN(c2ccc(Nc3cc4c(cn3)CC=C4C(=O)c3c(F)c(OC)cc(OC)c3F)c(N)c2)CC1. The van der Waals surface area contributed by atoms with Crippen molar-refractivity contribution in [2.75, 3.05) is 62.9 Å². The van der Waals surface area contributed by atoms with Crippen LogP contribution in [0.2, 0.25) is 0 Å². The number of nitrogens with two attached hydrogens (primary N) is 1. The van der Waals surface area contributed by atoms with E-state index < -0.39 is 23.0 Å². The lowest BCUT2D eigenvalue weighted by Crippen LogP contribution is -2.46. The first-order valence-electron chi connectivity index (χ1n) is 12.8. The second kappa shape index (κ2) is 10.9. The summed E-state index contributed by atoms with van der Waals surface area (Å²) >= 11 is 0. The number of Topliss-reactive ketones (excluding diaryl/α,β-unsaturated/α-hetero) is 1. The van der Waals surface area contributed by atoms with Crippen molar-refractivity contribution < 1.29 is 23.0 Å². The lowest BCUT2D eigenvalue weighted by Gasteiger charge is -2.35. The van der Waals surface area contributed by atoms with Gasteiger partial charge in [-0.05, 0) is 48.4 Å². The Labute approximate surface area is 226 Å². The van der Waals surface area contributed by atoms with Gasteiger partial charge in [0.15, 0.2) is 28.9 Å². The zero-order valence-corrected chi connectivity index (χ0v) is 22.2. The molecule has 0 unspecified atom stereocenters. The number of piperazine rings is 1. The van der Waals surface area contributed by atoms with Crippen LogP contribution in [-0.2, 0) is 6.42 Å². The second-order valence-electron chi connectivity index (χ2n) is 9.48. The van der Waals surface area contributed by atoms with Crippen molar-refractivity contribution >= 4 is 34.2 Å². The molecule has 2 aromatic carbocycles. The molecule has 2 aliphatic rings. The van der Waals surface area contributed by atoms with Gasteiger partial charge < -0.3 is 30.3 Å². The fourth-order valence-corrected chi connectivity index (χ4v) is 5.04. The Balaban J connectivity index is 1.38. The highest BCUT2D eigenvalue weighted by molar-refractivity contribution is 6.30. The number of nitrogen functional groups attached to an aromatic ring is 1. The number of anilines is 4. The van der Waals surface area contributed by atoms with Crippen molar-refractivity contribution in [1.29, 1.82) is 0 Å². The van der Waals surface area contributed by atoms with E-state index in [1.54, 1.807) is 18.3 Å². The lowest BCUT2D eigenvalue weighted by atomic mass is 9.97. The number of carbonyl (C=O) groups excluding carboxylic acids is 1. The minimum absolute atomic E-state index is 0.179. The maximum atomic E-state index is 15.0. The summed E-state index contributed by atoms with van der Waals surface area (Å²) in [6, 6.07) is 8.63. The van der Waals surface area contributed by atoms with Crippen molar-refractivity contribution in [2.24, 2.45) is 0 Å². The van der Waals surface area contributed by atoms with Gasteiger partial charge in [-0.15, -0.1) is 0 Å². The second-order valence-corrected chi connectivity index (χ2v) is 9.48. The summed E-state index contributed by atoms with van der Waals surface area (Å²) < 4.78 is 40.0. The van der Waals surface area contributed by atoms with Crippen molar-refractivity contribution in [3.05, 3.63) is 70.9 Å². The fourth-order valence-electron chi connectivity index (χ4n) is 5.04. The molecule has 1 fully saturated rings. The number of ether oxygens (including phenoxy) is 2. The molecule has 5 rings (SSSR count). The number of halogens is 2. The molecule has 2 heterocycles. The van der Waals surface area contributed by atoms with Crippen molar-refractivity contribution in [3.8, 4) is 11.5 Å². The molecule has 1 aliphatic carbocycles. The molecule has 0 saturated carbocycles. The number of pyridine rings is 1. The number of carbonyl (C=O) groups is 1. The molecule has 0 bridgehead atoms. The van der Waals surface area contributed by atoms with Gasteiger partial charge in [0.1, 0.15) is 11.4 Å². The Kier molecular flexibility index (Phi) is 7.38. The Morgan fingerprint density at radius 1 is 1.05 bits per heavy atom. The molecule has 0 amide bonds. The van der Waals surface area contributed by atoms with Crippen molar-refractivity contribution in [1.82, 2.24) is 9.88 Å². The van der Waals surface area contributed by atoms with E-state index in [1.807, 2.05) is 18.2 Å². The quantitative estimate of drug-likeness (QED) is 0.318. The first-order valence-corrected chi connectivity index (χ1v) is 12.8. The lowest BCUT2D eigenvalue weighted by molar-refractivity contribution is 0.104. The average Bonchev–Trinajstić information content (AvgIpc) is 3.38. The molecule has 0 spiro atoms. The van der Waals surface area contributed by atoms with E-state index in [4.69, 9.17) is 15.2 Å². The zero-order chi connectivity index (χ0) is 27.7. The molecule has 10 heteroatoms. The molecule has 8 nitrogen and oxygen atoms in total. The normalized spacial score (nSPS) is 15.1. The van der Waals surface area contributed by atoms with Crippen LogP contribution in [0.4, 0.5) is 31.7 Å². The van der Waals surface area contributed by atoms with Gasteiger partial charge in [-0.3, -0.25) is 4.79 Å². The van der Waals surface area contributed by atoms with E-state index in [0.717, 1.165) is 50.0 Å². The summed E-state index contributed by atoms with van der Waals surface area (Å²) in [5.41, 5.74) is 9.44. The minimum Gasteiger partial charge on any atom is -0.494 e. The third-order valence-corrected chi connectivity index (χ3v) is 7.33. The van der Waals surface area contributed by atoms with Gasteiger partial charge in [-0.2, -0.15) is 0 Å². The molecule has 1 aromatic heterocycles. The van der Waals surface area contributed by atoms with Crippen LogP contribution in [0.3, 0.4) is 0 Å². The first-order chi connectivity index (χ1) is 18.8. The number of rotatable bonds is 8. The minimum atomic E-state index is -1.08. The van der Waals surface area contributed by atoms with Crippen LogP contribution in [0.5, 0.6) is 11.5 Å². The number of nitrogens with zero attached hydrogens (tertiary/aromatic N) is 3. The number of allylic oxidation sites excluding steroid dienone is 2. The maximum absolute atomic E-state index is 15.0. The third kappa shape index (κ3) is 4.99. The Hall–Kier alpha value is -4.18. The first kappa shape index (κ1) is 26.4. The van der Waals surface area contributed by atoms with E-state index >= 15 is 8.78 Å². The Morgan fingerprint density at radius 2 is 1.74 bits per heavy atom. The molecular formula is C29H31F2N5O3. The largest absolute Gasteiger partial charge is 0.494 e. The summed E-state index contributed by atoms with van der Waals surface area (Å²) in [6.45, 7) is 7.13. The van der Waals surface area contributed by atoms with Crippen LogP contribution in [-0.4, -0.2) is 62.6 Å². The summed E-state index contributed by atoms with van der Waals surface area (Å²) in [7, 11) is 2.48. The summed E-state index contributed by atoms with van der Waals surface area (Å²) in [5, 5.41) is 3.22. The number of fused-ring (bicyclic) bond motifs is 1. The highest BCUT2D eigenvalue weighted by Crippen LogP contribution is 2.38. The third-order valence-electron chi connectivity index (χ3n) is 7.33. The summed E-state index contributed by atoms with van der Waals surface area (Å²) in [4.78, 5) is 22.6. The van der Waals surface area contributed by atoms with Gasteiger partial charge in [0, 0.05) is 49.7 Å². The van der Waals surface area contributed by atoms with Crippen molar-refractivity contribution in [2.45, 2.75) is 13.3 Å². The fraction of sp³-hybridized carbons (Fsp3) is 0.310. The summed E-state index contributed by atoms with van der Waals surface area (Å²) in [5.74, 6) is -3.06. The van der Waals surface area contributed by atoms with Gasteiger partial charge in [-0.25, -0.2) is 13.8 Å². The van der Waals surface area contributed by atoms with Gasteiger partial charge in [0.2, 0.25) is 0 Å². The number of ketones is 1. The number of benzene rings is 2. The van der Waals surface area contributed by atoms with Crippen LogP contribution < -0.4 is 25.4 Å². The molecular weight excluding hydrogens is 504 g/mol. The average molecular weight is 536 g/mol. The number of hydrogen-bond donors (Lipinski definition) is 2. The molecule has 39 heavy (non-hydrogen) atoms. The summed E-state index contributed by atoms with van der Waals surface area (Å²) in [6.07, 6.45) is 3.70. The molecule has 0 atom stereocenters. The van der Waals surface area contributed by atoms with Crippen molar-refractivity contribution in [3.63, 3.8) is 0 Å². The van der Waals surface area contributed by atoms with Crippen LogP contribution in [0.15, 0.2) is 42.6 Å². The monoisotopic (exact) mass is 535 g/mol. The standard InChI is InChI=1S/C29H31F2N5O3/c1-4-35-9-11-36(12-10-35)18-6-8-22(21(32)13-18)34-25-14-20-17(16-33-25)5-7-19(20)29(37)26-27(30)23(38-2)15-24(39-3)28(26)31/h6-8,13-16H,4-5,9-12,32H2,1-3H3,(H,33,34). The van der Waals surface area contributed by atoms with Crippen LogP contribution in [0, 0.1) is 11.6 Å². The molecule has 1 aliphatic heterocycles. The van der Waals surface area contributed by atoms with Crippen LogP contribution in [0.1, 0.15) is 28.4 Å². The van der Waals surface area contributed by atoms with Gasteiger partial charge in [0.05, 0.1) is 25.6 Å². The van der Waals surface area contributed by atoms with Gasteiger partial charge in [0.25, 0.3) is 0 Å². The van der Waals surface area contributed by atoms with Crippen LogP contribution >= 0.6 is 0 Å². The highest BCUT2D eigenvalue weighted by Gasteiger charge is 2.31. The molecule has 3 aromatic rings. The topological polar surface area (TPSA) is 93.0 Å². The zero-order valence-electron chi connectivity index (χ0n) is 22.2. The molecule has 0 radical (unpaired) electrons. The number of methoxy groups -OCH3 is 2. The molecule has 3 N–H and O–H groups in total. The Bertz CT molecular complexity index is 1420. The Morgan fingerprint density at radius 3 is 2.36 bits per heavy atom. The number of aromatic nitrogens is 1. The number of hydrogen-bond acceptors (Lipinski definition) is 8. The van der Waals surface area contributed by atoms with E-state index in [9.17, 15) is 4.79 Å². The molecule has 1 saturated heterocycles. The van der Waals surface area contributed by atoms with Crippen LogP contribution in [0.25, 0.3) is 5.57 Å².